The van der Waals surface area contributed by atoms with E-state index in [0.717, 1.165) is 0 Å². The molecule has 0 fully saturated rings. The van der Waals surface area contributed by atoms with Crippen molar-refractivity contribution in [2.75, 3.05) is 24.3 Å². The number of anilines is 2. The van der Waals surface area contributed by atoms with Gasteiger partial charge in [-0.25, -0.2) is 4.98 Å². The fourth-order valence-corrected chi connectivity index (χ4v) is 4.04. The molecule has 39 heavy (non-hydrogen) atoms. The average molecular weight is 542 g/mol. The first-order valence-electron chi connectivity index (χ1n) is 11.8. The highest BCUT2D eigenvalue weighted by Crippen LogP contribution is 2.37. The molecule has 4 rings (SSSR count). The highest BCUT2D eigenvalue weighted by Gasteiger charge is 2.20. The summed E-state index contributed by atoms with van der Waals surface area (Å²) in [6.45, 7) is 0.208. The molecule has 0 aliphatic heterocycles. The molecule has 0 saturated heterocycles. The van der Waals surface area contributed by atoms with Gasteiger partial charge in [-0.1, -0.05) is 23.7 Å². The summed E-state index contributed by atoms with van der Waals surface area (Å²) in [6.07, 6.45) is 0.157. The van der Waals surface area contributed by atoms with E-state index in [1.54, 1.807) is 66.7 Å². The highest BCUT2D eigenvalue weighted by atomic mass is 35.5. The number of phenols is 1. The summed E-state index contributed by atoms with van der Waals surface area (Å²) in [5, 5.41) is 26.6. The van der Waals surface area contributed by atoms with Crippen LogP contribution < -0.4 is 21.1 Å². The van der Waals surface area contributed by atoms with Crippen molar-refractivity contribution >= 4 is 34.9 Å². The number of pyridine rings is 1. The fourth-order valence-electron chi connectivity index (χ4n) is 3.88. The van der Waals surface area contributed by atoms with Crippen molar-refractivity contribution in [1.29, 1.82) is 5.26 Å². The number of carbonyl (C=O) groups excluding carboxylic acids is 2. The molecule has 9 nitrogen and oxygen atoms in total. The summed E-state index contributed by atoms with van der Waals surface area (Å²) < 4.78 is 5.15. The predicted molar refractivity (Wildman–Crippen MR) is 150 cm³/mol. The summed E-state index contributed by atoms with van der Waals surface area (Å²) in [5.41, 5.74) is 8.05. The summed E-state index contributed by atoms with van der Waals surface area (Å²) >= 11 is 6.02. The van der Waals surface area contributed by atoms with Crippen LogP contribution in [0.2, 0.25) is 5.02 Å². The minimum Gasteiger partial charge on any atom is -0.507 e. The lowest BCUT2D eigenvalue weighted by atomic mass is 9.97. The van der Waals surface area contributed by atoms with E-state index in [0.29, 0.717) is 44.4 Å². The topological polar surface area (TPSA) is 150 Å². The number of nitriles is 1. The molecule has 196 valence electrons. The molecule has 0 bridgehead atoms. The SMILES string of the molecule is COc1ccc(C(=O)Nc2nc(-c3ccc(Cl)cc3O)cc(-c3cccc(NC(=O)CCN)c3)c2C#N)cc1. The van der Waals surface area contributed by atoms with Gasteiger partial charge in [0.05, 0.1) is 12.8 Å². The third kappa shape index (κ3) is 6.33. The molecule has 0 atom stereocenters. The van der Waals surface area contributed by atoms with E-state index >= 15 is 0 Å². The van der Waals surface area contributed by atoms with Crippen LogP contribution >= 0.6 is 11.6 Å². The second-order valence-electron chi connectivity index (χ2n) is 8.40. The number of amides is 2. The van der Waals surface area contributed by atoms with Crippen LogP contribution in [0.1, 0.15) is 22.3 Å². The van der Waals surface area contributed by atoms with Crippen LogP contribution in [-0.4, -0.2) is 35.6 Å². The van der Waals surface area contributed by atoms with E-state index in [4.69, 9.17) is 22.1 Å². The molecule has 1 heterocycles. The number of nitrogens with two attached hydrogens (primary N) is 1. The van der Waals surface area contributed by atoms with Gasteiger partial charge in [0.15, 0.2) is 5.82 Å². The summed E-state index contributed by atoms with van der Waals surface area (Å²) in [4.78, 5) is 29.7. The van der Waals surface area contributed by atoms with E-state index < -0.39 is 5.91 Å². The van der Waals surface area contributed by atoms with Gasteiger partial charge < -0.3 is 26.2 Å². The number of phenolic OH excluding ortho intramolecular Hbond substituents is 1. The van der Waals surface area contributed by atoms with E-state index in [-0.39, 0.29) is 36.0 Å². The number of benzene rings is 3. The summed E-state index contributed by atoms with van der Waals surface area (Å²) in [7, 11) is 1.52. The van der Waals surface area contributed by atoms with Crippen molar-refractivity contribution in [1.82, 2.24) is 4.98 Å². The molecule has 2 amide bonds. The van der Waals surface area contributed by atoms with Gasteiger partial charge in [0.1, 0.15) is 23.1 Å². The largest absolute Gasteiger partial charge is 0.507 e. The second kappa shape index (κ2) is 12.1. The van der Waals surface area contributed by atoms with E-state index in [2.05, 4.69) is 21.7 Å². The number of hydrogen-bond donors (Lipinski definition) is 4. The van der Waals surface area contributed by atoms with Crippen LogP contribution in [0, 0.1) is 11.3 Å². The third-order valence-corrected chi connectivity index (χ3v) is 6.01. The lowest BCUT2D eigenvalue weighted by Gasteiger charge is -2.15. The Bertz CT molecular complexity index is 1580. The molecule has 0 aliphatic carbocycles. The maximum Gasteiger partial charge on any atom is 0.256 e. The number of nitrogens with zero attached hydrogens (tertiary/aromatic N) is 2. The number of methoxy groups -OCH3 is 1. The van der Waals surface area contributed by atoms with Crippen molar-refractivity contribution in [3.8, 4) is 40.0 Å². The normalized spacial score (nSPS) is 10.4. The van der Waals surface area contributed by atoms with E-state index in [1.165, 1.54) is 13.2 Å². The summed E-state index contributed by atoms with van der Waals surface area (Å²) in [6, 6.07) is 21.7. The van der Waals surface area contributed by atoms with Crippen molar-refractivity contribution in [2.24, 2.45) is 5.73 Å². The van der Waals surface area contributed by atoms with Gasteiger partial charge in [-0.15, -0.1) is 0 Å². The first-order valence-corrected chi connectivity index (χ1v) is 12.2. The molecule has 0 aliphatic rings. The molecule has 0 spiro atoms. The Labute approximate surface area is 229 Å². The first kappa shape index (κ1) is 27.1. The minimum absolute atomic E-state index is 0.00209. The predicted octanol–water partition coefficient (Wildman–Crippen LogP) is 5.19. The fraction of sp³-hybridized carbons (Fsp3) is 0.103. The van der Waals surface area contributed by atoms with Crippen LogP contribution in [-0.2, 0) is 4.79 Å². The molecule has 0 radical (unpaired) electrons. The van der Waals surface area contributed by atoms with Gasteiger partial charge in [0.2, 0.25) is 5.91 Å². The number of rotatable bonds is 8. The molecule has 0 unspecified atom stereocenters. The van der Waals surface area contributed by atoms with E-state index in [1.807, 2.05) is 0 Å². The van der Waals surface area contributed by atoms with Gasteiger partial charge in [-0.2, -0.15) is 5.26 Å². The van der Waals surface area contributed by atoms with Gasteiger partial charge in [0.25, 0.3) is 5.91 Å². The lowest BCUT2D eigenvalue weighted by Crippen LogP contribution is -2.16. The quantitative estimate of drug-likeness (QED) is 0.239. The van der Waals surface area contributed by atoms with Gasteiger partial charge in [-0.3, -0.25) is 9.59 Å². The molecule has 1 aromatic heterocycles. The zero-order valence-electron chi connectivity index (χ0n) is 20.9. The molecule has 4 aromatic rings. The Morgan fingerprint density at radius 3 is 2.49 bits per heavy atom. The van der Waals surface area contributed by atoms with Crippen molar-refractivity contribution in [2.45, 2.75) is 6.42 Å². The highest BCUT2D eigenvalue weighted by molar-refractivity contribution is 6.30. The minimum atomic E-state index is -0.493. The van der Waals surface area contributed by atoms with Crippen LogP contribution in [0.3, 0.4) is 0 Å². The van der Waals surface area contributed by atoms with Crippen LogP contribution in [0.4, 0.5) is 11.5 Å². The molecule has 5 N–H and O–H groups in total. The molecule has 10 heteroatoms. The molecular formula is C29H24ClN5O4. The van der Waals surface area contributed by atoms with Gasteiger partial charge in [0, 0.05) is 40.4 Å². The molecule has 0 saturated carbocycles. The maximum atomic E-state index is 13.1. The zero-order chi connectivity index (χ0) is 27.9. The Hall–Kier alpha value is -4.91. The molecular weight excluding hydrogens is 518 g/mol. The second-order valence-corrected chi connectivity index (χ2v) is 8.84. The number of ether oxygens (including phenoxy) is 1. The number of aromatic hydroxyl groups is 1. The third-order valence-electron chi connectivity index (χ3n) is 5.78. The Kier molecular flexibility index (Phi) is 8.41. The van der Waals surface area contributed by atoms with Crippen LogP contribution in [0.5, 0.6) is 11.5 Å². The molecule has 3 aromatic carbocycles. The first-order chi connectivity index (χ1) is 18.8. The number of hydrogen-bond acceptors (Lipinski definition) is 7. The monoisotopic (exact) mass is 541 g/mol. The van der Waals surface area contributed by atoms with Crippen molar-refractivity contribution in [3.63, 3.8) is 0 Å². The number of aromatic nitrogens is 1. The summed E-state index contributed by atoms with van der Waals surface area (Å²) in [5.74, 6) is -0.279. The van der Waals surface area contributed by atoms with Gasteiger partial charge in [-0.05, 0) is 66.2 Å². The van der Waals surface area contributed by atoms with E-state index in [9.17, 15) is 20.0 Å². The number of carbonyl (C=O) groups is 2. The smallest absolute Gasteiger partial charge is 0.256 e. The van der Waals surface area contributed by atoms with Crippen LogP contribution in [0.15, 0.2) is 72.8 Å². The number of nitrogens with one attached hydrogen (secondary N) is 2. The van der Waals surface area contributed by atoms with Crippen LogP contribution in [0.25, 0.3) is 22.4 Å². The standard InChI is InChI=1S/C29H24ClN5O4/c1-39-21-8-5-17(6-9-21)29(38)35-28-24(16-32)23(15-25(34-28)22-10-7-19(30)14-26(22)36)18-3-2-4-20(13-18)33-27(37)11-12-31/h2-10,13-15,36H,11-12,31H2,1H3,(H,33,37)(H,34,35,38). The van der Waals surface area contributed by atoms with Gasteiger partial charge >= 0.3 is 0 Å². The Morgan fingerprint density at radius 2 is 1.82 bits per heavy atom. The lowest BCUT2D eigenvalue weighted by molar-refractivity contribution is -0.116. The average Bonchev–Trinajstić information content (AvgIpc) is 2.93. The maximum absolute atomic E-state index is 13.1. The Balaban J connectivity index is 1.84. The van der Waals surface area contributed by atoms with Crippen molar-refractivity contribution in [3.05, 3.63) is 88.9 Å². The zero-order valence-corrected chi connectivity index (χ0v) is 21.6. The number of halogens is 1. The van der Waals surface area contributed by atoms with Crippen molar-refractivity contribution < 1.29 is 19.4 Å². The Morgan fingerprint density at radius 1 is 1.05 bits per heavy atom.